The van der Waals surface area contributed by atoms with Crippen molar-refractivity contribution in [1.82, 2.24) is 4.90 Å². The molecule has 0 aliphatic carbocycles. The number of carbonyl (C=O) groups is 1. The lowest BCUT2D eigenvalue weighted by atomic mass is 9.91. The van der Waals surface area contributed by atoms with Crippen molar-refractivity contribution in [3.63, 3.8) is 0 Å². The maximum absolute atomic E-state index is 13.4. The highest BCUT2D eigenvalue weighted by Crippen LogP contribution is 2.40. The third kappa shape index (κ3) is 4.63. The van der Waals surface area contributed by atoms with Gasteiger partial charge in [-0.3, -0.25) is 4.79 Å². The maximum Gasteiger partial charge on any atom is 0.258 e. The van der Waals surface area contributed by atoms with Gasteiger partial charge in [0.15, 0.2) is 0 Å². The topological polar surface area (TPSA) is 41.6 Å². The molecule has 1 amide bonds. The van der Waals surface area contributed by atoms with Gasteiger partial charge in [-0.2, -0.15) is 0 Å². The molecule has 30 heavy (non-hydrogen) atoms. The van der Waals surface area contributed by atoms with Crippen LogP contribution in [0.3, 0.4) is 0 Å². The van der Waals surface area contributed by atoms with Gasteiger partial charge in [0.25, 0.3) is 5.91 Å². The predicted molar refractivity (Wildman–Crippen MR) is 124 cm³/mol. The number of benzene rings is 2. The zero-order chi connectivity index (χ0) is 21.6. The van der Waals surface area contributed by atoms with E-state index in [1.165, 1.54) is 25.7 Å². The van der Waals surface area contributed by atoms with E-state index >= 15 is 0 Å². The summed E-state index contributed by atoms with van der Waals surface area (Å²) in [4.78, 5) is 15.4. The molecule has 4 heteroatoms. The van der Waals surface area contributed by atoms with E-state index in [0.717, 1.165) is 42.0 Å². The molecule has 1 aliphatic rings. The second-order valence-electron chi connectivity index (χ2n) is 8.47. The van der Waals surface area contributed by atoms with Crippen LogP contribution in [-0.4, -0.2) is 23.5 Å². The zero-order valence-electron chi connectivity index (χ0n) is 18.9. The molecule has 0 radical (unpaired) electrons. The molecule has 3 rings (SSSR count). The number of nitrogens with zero attached hydrogens (tertiary/aromatic N) is 1. The highest BCUT2D eigenvalue weighted by Gasteiger charge is 2.44. The summed E-state index contributed by atoms with van der Waals surface area (Å²) >= 11 is 0. The number of fused-ring (bicyclic) bond motifs is 1. The van der Waals surface area contributed by atoms with Crippen molar-refractivity contribution in [2.75, 3.05) is 11.9 Å². The Morgan fingerprint density at radius 2 is 1.80 bits per heavy atom. The third-order valence-electron chi connectivity index (χ3n) is 6.18. The van der Waals surface area contributed by atoms with Crippen LogP contribution in [-0.2, 0) is 5.66 Å². The van der Waals surface area contributed by atoms with E-state index in [2.05, 4.69) is 45.1 Å². The number of carbonyl (C=O) groups excluding carboxylic acids is 1. The fraction of sp³-hybridized carbons (Fsp3) is 0.500. The molecule has 0 spiro atoms. The van der Waals surface area contributed by atoms with Gasteiger partial charge in [0.1, 0.15) is 11.4 Å². The highest BCUT2D eigenvalue weighted by molar-refractivity contribution is 6.02. The molecule has 2 aromatic carbocycles. The summed E-state index contributed by atoms with van der Waals surface area (Å²) in [5.74, 6) is 0.935. The van der Waals surface area contributed by atoms with Gasteiger partial charge in [0.05, 0.1) is 12.2 Å². The van der Waals surface area contributed by atoms with Crippen molar-refractivity contribution in [2.45, 2.75) is 77.9 Å². The van der Waals surface area contributed by atoms with E-state index in [1.54, 1.807) is 0 Å². The van der Waals surface area contributed by atoms with Crippen molar-refractivity contribution < 1.29 is 9.53 Å². The smallest absolute Gasteiger partial charge is 0.258 e. The highest BCUT2D eigenvalue weighted by atomic mass is 16.5. The number of para-hydroxylation sites is 1. The first-order valence-corrected chi connectivity index (χ1v) is 11.5. The van der Waals surface area contributed by atoms with E-state index in [0.29, 0.717) is 0 Å². The Labute approximate surface area is 181 Å². The van der Waals surface area contributed by atoms with Crippen molar-refractivity contribution >= 4 is 11.6 Å². The Balaban J connectivity index is 1.84. The molecule has 1 aliphatic heterocycles. The lowest BCUT2D eigenvalue weighted by Crippen LogP contribution is -2.58. The SMILES string of the molecule is CCCCCCCOc1cccc(C2(C)Nc3ccccc3C(=O)N2C(C)CC)c1. The van der Waals surface area contributed by atoms with Crippen molar-refractivity contribution in [3.05, 3.63) is 59.7 Å². The second-order valence-corrected chi connectivity index (χ2v) is 8.47. The molecule has 2 aromatic rings. The molecule has 2 unspecified atom stereocenters. The summed E-state index contributed by atoms with van der Waals surface area (Å²) in [6.07, 6.45) is 6.99. The van der Waals surface area contributed by atoms with Crippen LogP contribution >= 0.6 is 0 Å². The van der Waals surface area contributed by atoms with Gasteiger partial charge >= 0.3 is 0 Å². The number of hydrogen-bond acceptors (Lipinski definition) is 3. The summed E-state index contributed by atoms with van der Waals surface area (Å²) in [5, 5.41) is 3.65. The Kier molecular flexibility index (Phi) is 7.41. The van der Waals surface area contributed by atoms with E-state index < -0.39 is 5.66 Å². The molecule has 1 heterocycles. The van der Waals surface area contributed by atoms with Crippen molar-refractivity contribution in [2.24, 2.45) is 0 Å². The van der Waals surface area contributed by atoms with Crippen molar-refractivity contribution in [1.29, 1.82) is 0 Å². The second kappa shape index (κ2) is 10.0. The third-order valence-corrected chi connectivity index (χ3v) is 6.18. The van der Waals surface area contributed by atoms with Crippen LogP contribution < -0.4 is 10.1 Å². The number of amides is 1. The Hall–Kier alpha value is -2.49. The first-order chi connectivity index (χ1) is 14.5. The fourth-order valence-electron chi connectivity index (χ4n) is 4.25. The van der Waals surface area contributed by atoms with Gasteiger partial charge in [-0.15, -0.1) is 0 Å². The molecule has 0 fully saturated rings. The summed E-state index contributed by atoms with van der Waals surface area (Å²) in [7, 11) is 0. The monoisotopic (exact) mass is 408 g/mol. The van der Waals surface area contributed by atoms with Gasteiger partial charge in [-0.05, 0) is 51.0 Å². The summed E-state index contributed by atoms with van der Waals surface area (Å²) < 4.78 is 6.05. The molecular formula is C26H36N2O2. The summed E-state index contributed by atoms with van der Waals surface area (Å²) in [6, 6.07) is 16.1. The Morgan fingerprint density at radius 3 is 2.57 bits per heavy atom. The lowest BCUT2D eigenvalue weighted by molar-refractivity contribution is 0.0399. The maximum atomic E-state index is 13.4. The molecule has 2 atom stereocenters. The molecular weight excluding hydrogens is 372 g/mol. The quantitative estimate of drug-likeness (QED) is 0.452. The van der Waals surface area contributed by atoms with Crippen LogP contribution in [0.1, 0.15) is 82.1 Å². The largest absolute Gasteiger partial charge is 0.494 e. The number of hydrogen-bond donors (Lipinski definition) is 1. The van der Waals surface area contributed by atoms with Crippen LogP contribution in [0, 0.1) is 0 Å². The normalized spacial score (nSPS) is 19.2. The minimum absolute atomic E-state index is 0.0726. The molecule has 0 saturated carbocycles. The van der Waals surface area contributed by atoms with Gasteiger partial charge in [-0.25, -0.2) is 0 Å². The van der Waals surface area contributed by atoms with E-state index in [-0.39, 0.29) is 11.9 Å². The van der Waals surface area contributed by atoms with Gasteiger partial charge < -0.3 is 15.0 Å². The lowest BCUT2D eigenvalue weighted by Gasteiger charge is -2.49. The average Bonchev–Trinajstić information content (AvgIpc) is 2.76. The fourth-order valence-corrected chi connectivity index (χ4v) is 4.25. The number of ether oxygens (including phenoxy) is 1. The van der Waals surface area contributed by atoms with E-state index in [4.69, 9.17) is 4.74 Å². The standard InChI is InChI=1S/C26H36N2O2/c1-5-7-8-9-12-18-30-22-15-13-14-21(19-22)26(4)27-24-17-11-10-16-23(24)25(29)28(26)20(3)6-2/h10-11,13-17,19-20,27H,5-9,12,18H2,1-4H3. The molecule has 0 bridgehead atoms. The number of nitrogens with one attached hydrogen (secondary N) is 1. The van der Waals surface area contributed by atoms with Crippen LogP contribution in [0.25, 0.3) is 0 Å². The summed E-state index contributed by atoms with van der Waals surface area (Å²) in [6.45, 7) is 9.29. The van der Waals surface area contributed by atoms with Crippen LogP contribution in [0.15, 0.2) is 48.5 Å². The number of rotatable bonds is 10. The van der Waals surface area contributed by atoms with Crippen LogP contribution in [0.2, 0.25) is 0 Å². The minimum Gasteiger partial charge on any atom is -0.494 e. The average molecular weight is 409 g/mol. The molecule has 162 valence electrons. The number of anilines is 1. The zero-order valence-corrected chi connectivity index (χ0v) is 18.9. The van der Waals surface area contributed by atoms with Gasteiger partial charge in [0.2, 0.25) is 0 Å². The minimum atomic E-state index is -0.638. The molecule has 1 N–H and O–H groups in total. The summed E-state index contributed by atoms with van der Waals surface area (Å²) in [5.41, 5.74) is 2.01. The number of unbranched alkanes of at least 4 members (excludes halogenated alkanes) is 4. The van der Waals surface area contributed by atoms with Crippen molar-refractivity contribution in [3.8, 4) is 5.75 Å². The first kappa shape index (κ1) is 22.2. The molecule has 0 saturated heterocycles. The Bertz CT molecular complexity index is 850. The predicted octanol–water partition coefficient (Wildman–Crippen LogP) is 6.57. The first-order valence-electron chi connectivity index (χ1n) is 11.5. The van der Waals surface area contributed by atoms with Gasteiger partial charge in [0, 0.05) is 17.3 Å². The Morgan fingerprint density at radius 1 is 1.03 bits per heavy atom. The van der Waals surface area contributed by atoms with Crippen LogP contribution in [0.4, 0.5) is 5.69 Å². The molecule has 0 aromatic heterocycles. The van der Waals surface area contributed by atoms with E-state index in [1.807, 2.05) is 41.3 Å². The van der Waals surface area contributed by atoms with E-state index in [9.17, 15) is 4.79 Å². The van der Waals surface area contributed by atoms with Crippen LogP contribution in [0.5, 0.6) is 5.75 Å². The van der Waals surface area contributed by atoms with Gasteiger partial charge in [-0.1, -0.05) is 63.8 Å². The molecule has 4 nitrogen and oxygen atoms in total.